The van der Waals surface area contributed by atoms with Crippen LogP contribution in [0.25, 0.3) is 0 Å². The van der Waals surface area contributed by atoms with Gasteiger partial charge in [0.25, 0.3) is 5.91 Å². The minimum absolute atomic E-state index is 0.0385. The smallest absolute Gasteiger partial charge is 0.254 e. The molecule has 5 nitrogen and oxygen atoms in total. The van der Waals surface area contributed by atoms with Gasteiger partial charge in [0, 0.05) is 24.7 Å². The predicted molar refractivity (Wildman–Crippen MR) is 144 cm³/mol. The molecule has 0 spiro atoms. The van der Waals surface area contributed by atoms with Crippen LogP contribution >= 0.6 is 0 Å². The van der Waals surface area contributed by atoms with Crippen molar-refractivity contribution in [2.45, 2.75) is 50.1 Å². The number of benzene rings is 3. The highest BCUT2D eigenvalue weighted by molar-refractivity contribution is 6.01. The van der Waals surface area contributed by atoms with Crippen molar-refractivity contribution in [1.82, 2.24) is 9.80 Å². The van der Waals surface area contributed by atoms with Gasteiger partial charge in [0.05, 0.1) is 19.1 Å². The fourth-order valence-corrected chi connectivity index (χ4v) is 6.25. The van der Waals surface area contributed by atoms with E-state index in [4.69, 9.17) is 4.74 Å². The maximum atomic E-state index is 14.4. The number of rotatable bonds is 6. The zero-order chi connectivity index (χ0) is 25.4. The average Bonchev–Trinajstić information content (AvgIpc) is 3.79. The van der Waals surface area contributed by atoms with Crippen LogP contribution in [0.2, 0.25) is 0 Å². The van der Waals surface area contributed by atoms with Gasteiger partial charge in [-0.2, -0.15) is 0 Å². The van der Waals surface area contributed by atoms with Crippen molar-refractivity contribution >= 4 is 11.8 Å². The Hall–Kier alpha value is -3.60. The van der Waals surface area contributed by atoms with E-state index in [0.717, 1.165) is 62.1 Å². The largest absolute Gasteiger partial charge is 0.497 e. The quantitative estimate of drug-likeness (QED) is 0.447. The normalized spacial score (nSPS) is 22.0. The SMILES string of the molecule is COc1cccc([C@@H]2[C@H](C(=O)N3CCC(Cc4ccccc4)CC3)c3ccccc3C(=O)N2C2CC2)c1. The first-order chi connectivity index (χ1) is 18.1. The minimum atomic E-state index is -0.424. The first-order valence-corrected chi connectivity index (χ1v) is 13.5. The van der Waals surface area contributed by atoms with Gasteiger partial charge in [0.15, 0.2) is 0 Å². The predicted octanol–water partition coefficient (Wildman–Crippen LogP) is 5.62. The third-order valence-electron chi connectivity index (χ3n) is 8.31. The van der Waals surface area contributed by atoms with Crippen molar-refractivity contribution in [3.05, 3.63) is 101 Å². The number of carbonyl (C=O) groups excluding carboxylic acids is 2. The fraction of sp³-hybridized carbons (Fsp3) is 0.375. The Balaban J connectivity index is 1.32. The summed E-state index contributed by atoms with van der Waals surface area (Å²) in [6.45, 7) is 1.52. The lowest BCUT2D eigenvalue weighted by Crippen LogP contribution is -2.50. The second kappa shape index (κ2) is 10.0. The minimum Gasteiger partial charge on any atom is -0.497 e. The van der Waals surface area contributed by atoms with Crippen LogP contribution in [-0.4, -0.2) is 47.9 Å². The molecule has 2 aliphatic heterocycles. The van der Waals surface area contributed by atoms with Gasteiger partial charge in [0.1, 0.15) is 5.75 Å². The maximum Gasteiger partial charge on any atom is 0.254 e. The molecule has 1 saturated heterocycles. The highest BCUT2D eigenvalue weighted by atomic mass is 16.5. The van der Waals surface area contributed by atoms with Crippen LogP contribution in [0.15, 0.2) is 78.9 Å². The van der Waals surface area contributed by atoms with E-state index < -0.39 is 5.92 Å². The van der Waals surface area contributed by atoms with E-state index in [1.807, 2.05) is 53.4 Å². The molecule has 3 aromatic carbocycles. The Labute approximate surface area is 219 Å². The average molecular weight is 495 g/mol. The second-order valence-corrected chi connectivity index (χ2v) is 10.7. The van der Waals surface area contributed by atoms with E-state index in [-0.39, 0.29) is 23.9 Å². The Kier molecular flexibility index (Phi) is 6.45. The molecule has 1 saturated carbocycles. The molecule has 190 valence electrons. The third-order valence-corrected chi connectivity index (χ3v) is 8.31. The van der Waals surface area contributed by atoms with Crippen molar-refractivity contribution < 1.29 is 14.3 Å². The van der Waals surface area contributed by atoms with Crippen LogP contribution in [0.4, 0.5) is 0 Å². The molecule has 0 N–H and O–H groups in total. The number of piperidine rings is 1. The number of amides is 2. The van der Waals surface area contributed by atoms with Crippen molar-refractivity contribution in [3.8, 4) is 5.75 Å². The van der Waals surface area contributed by atoms with Gasteiger partial charge < -0.3 is 14.5 Å². The fourth-order valence-electron chi connectivity index (χ4n) is 6.25. The topological polar surface area (TPSA) is 49.9 Å². The lowest BCUT2D eigenvalue weighted by molar-refractivity contribution is -0.136. The number of hydrogen-bond donors (Lipinski definition) is 0. The highest BCUT2D eigenvalue weighted by Crippen LogP contribution is 2.49. The van der Waals surface area contributed by atoms with E-state index in [1.54, 1.807) is 7.11 Å². The summed E-state index contributed by atoms with van der Waals surface area (Å²) >= 11 is 0. The summed E-state index contributed by atoms with van der Waals surface area (Å²) < 4.78 is 5.53. The van der Waals surface area contributed by atoms with Crippen LogP contribution in [0.5, 0.6) is 5.75 Å². The number of fused-ring (bicyclic) bond motifs is 1. The van der Waals surface area contributed by atoms with Crippen LogP contribution < -0.4 is 4.74 Å². The van der Waals surface area contributed by atoms with Crippen LogP contribution in [0, 0.1) is 5.92 Å². The molecule has 2 fully saturated rings. The molecule has 1 aliphatic carbocycles. The molecular formula is C32H34N2O3. The molecule has 3 aliphatic rings. The molecule has 0 bridgehead atoms. The summed E-state index contributed by atoms with van der Waals surface area (Å²) in [6.07, 6.45) is 5.04. The molecule has 2 heterocycles. The van der Waals surface area contributed by atoms with E-state index in [9.17, 15) is 9.59 Å². The summed E-state index contributed by atoms with van der Waals surface area (Å²) in [4.78, 5) is 32.2. The monoisotopic (exact) mass is 494 g/mol. The second-order valence-electron chi connectivity index (χ2n) is 10.7. The van der Waals surface area contributed by atoms with E-state index in [2.05, 4.69) is 35.2 Å². The van der Waals surface area contributed by atoms with Gasteiger partial charge in [-0.3, -0.25) is 9.59 Å². The first kappa shape index (κ1) is 23.8. The van der Waals surface area contributed by atoms with Crippen LogP contribution in [0.3, 0.4) is 0 Å². The Morgan fingerprint density at radius 2 is 1.62 bits per heavy atom. The molecule has 37 heavy (non-hydrogen) atoms. The van der Waals surface area contributed by atoms with E-state index in [0.29, 0.717) is 11.5 Å². The molecule has 3 aromatic rings. The summed E-state index contributed by atoms with van der Waals surface area (Å²) in [5.41, 5.74) is 3.86. The van der Waals surface area contributed by atoms with Gasteiger partial charge in [-0.1, -0.05) is 60.7 Å². The molecule has 6 rings (SSSR count). The van der Waals surface area contributed by atoms with Gasteiger partial charge in [-0.25, -0.2) is 0 Å². The van der Waals surface area contributed by atoms with Gasteiger partial charge in [-0.05, 0) is 72.9 Å². The number of likely N-dealkylation sites (tertiary alicyclic amines) is 1. The highest BCUT2D eigenvalue weighted by Gasteiger charge is 2.50. The zero-order valence-electron chi connectivity index (χ0n) is 21.4. The van der Waals surface area contributed by atoms with Crippen molar-refractivity contribution in [1.29, 1.82) is 0 Å². The van der Waals surface area contributed by atoms with Crippen LogP contribution in [-0.2, 0) is 11.2 Å². The molecule has 2 atom stereocenters. The standard InChI is InChI=1S/C32H34N2O3/c1-37-26-11-7-10-24(21-26)30-29(27-12-5-6-13-28(27)31(35)34(30)25-14-15-25)32(36)33-18-16-23(17-19-33)20-22-8-3-2-4-9-22/h2-13,21,23,25,29-30H,14-20H2,1H3/t29-,30-/m1/s1. The number of methoxy groups -OCH3 is 1. The number of ether oxygens (including phenoxy) is 1. The number of hydrogen-bond acceptors (Lipinski definition) is 3. The summed E-state index contributed by atoms with van der Waals surface area (Å²) in [6, 6.07) is 26.1. The van der Waals surface area contributed by atoms with E-state index in [1.165, 1.54) is 5.56 Å². The molecule has 0 unspecified atom stereocenters. The van der Waals surface area contributed by atoms with Crippen LogP contribution in [0.1, 0.15) is 64.7 Å². The lowest BCUT2D eigenvalue weighted by atomic mass is 9.78. The Morgan fingerprint density at radius 3 is 2.35 bits per heavy atom. The van der Waals surface area contributed by atoms with Crippen molar-refractivity contribution in [3.63, 3.8) is 0 Å². The number of carbonyl (C=O) groups is 2. The van der Waals surface area contributed by atoms with Gasteiger partial charge >= 0.3 is 0 Å². The summed E-state index contributed by atoms with van der Waals surface area (Å²) in [5, 5.41) is 0. The zero-order valence-corrected chi connectivity index (χ0v) is 21.4. The Bertz CT molecular complexity index is 1280. The third kappa shape index (κ3) is 4.63. The lowest BCUT2D eigenvalue weighted by Gasteiger charge is -2.44. The molecule has 0 radical (unpaired) electrons. The Morgan fingerprint density at radius 1 is 0.892 bits per heavy atom. The first-order valence-electron chi connectivity index (χ1n) is 13.5. The number of nitrogens with zero attached hydrogens (tertiary/aromatic N) is 2. The molecule has 5 heteroatoms. The van der Waals surface area contributed by atoms with Gasteiger partial charge in [-0.15, -0.1) is 0 Å². The van der Waals surface area contributed by atoms with Crippen molar-refractivity contribution in [2.75, 3.05) is 20.2 Å². The molecule has 2 amide bonds. The molecular weight excluding hydrogens is 460 g/mol. The summed E-state index contributed by atoms with van der Waals surface area (Å²) in [7, 11) is 1.65. The van der Waals surface area contributed by atoms with Gasteiger partial charge in [0.2, 0.25) is 5.91 Å². The summed E-state index contributed by atoms with van der Waals surface area (Å²) in [5.74, 6) is 1.08. The molecule has 0 aromatic heterocycles. The van der Waals surface area contributed by atoms with E-state index >= 15 is 0 Å². The van der Waals surface area contributed by atoms with Crippen molar-refractivity contribution in [2.24, 2.45) is 5.92 Å². The maximum absolute atomic E-state index is 14.4.